The Morgan fingerprint density at radius 2 is 2.20 bits per heavy atom. The van der Waals surface area contributed by atoms with Crippen LogP contribution in [0.25, 0.3) is 0 Å². The van der Waals surface area contributed by atoms with E-state index in [-0.39, 0.29) is 11.8 Å². The quantitative estimate of drug-likeness (QED) is 0.670. The van der Waals surface area contributed by atoms with Gasteiger partial charge in [0.15, 0.2) is 0 Å². The van der Waals surface area contributed by atoms with Crippen LogP contribution in [-0.4, -0.2) is 44.2 Å². The summed E-state index contributed by atoms with van der Waals surface area (Å²) in [4.78, 5) is 13.9. The molecule has 2 atom stereocenters. The van der Waals surface area contributed by atoms with Crippen LogP contribution < -0.4 is 5.73 Å². The van der Waals surface area contributed by atoms with Crippen LogP contribution in [0.3, 0.4) is 0 Å². The first-order valence-corrected chi connectivity index (χ1v) is 5.68. The molecular weight excluding hydrogens is 192 g/mol. The lowest BCUT2D eigenvalue weighted by Gasteiger charge is -2.22. The molecule has 0 saturated heterocycles. The molecule has 1 aliphatic carbocycles. The summed E-state index contributed by atoms with van der Waals surface area (Å²) in [6.07, 6.45) is 1.92. The lowest BCUT2D eigenvalue weighted by Crippen LogP contribution is -2.36. The summed E-state index contributed by atoms with van der Waals surface area (Å²) in [5.74, 6) is 1.12. The van der Waals surface area contributed by atoms with Crippen molar-refractivity contribution in [3.8, 4) is 0 Å². The third-order valence-electron chi connectivity index (χ3n) is 2.94. The van der Waals surface area contributed by atoms with Crippen molar-refractivity contribution in [2.24, 2.45) is 17.6 Å². The van der Waals surface area contributed by atoms with E-state index in [2.05, 4.69) is 6.92 Å². The molecule has 0 bridgehead atoms. The summed E-state index contributed by atoms with van der Waals surface area (Å²) in [6.45, 7) is 4.83. The SMILES string of the molecule is COCCN(CCCN)C(=O)C1CC1C. The molecule has 15 heavy (non-hydrogen) atoms. The van der Waals surface area contributed by atoms with Crippen LogP contribution >= 0.6 is 0 Å². The van der Waals surface area contributed by atoms with Crippen LogP contribution in [0.1, 0.15) is 19.8 Å². The van der Waals surface area contributed by atoms with Crippen molar-refractivity contribution < 1.29 is 9.53 Å². The molecule has 0 aromatic heterocycles. The van der Waals surface area contributed by atoms with Crippen molar-refractivity contribution in [2.45, 2.75) is 19.8 Å². The molecule has 1 saturated carbocycles. The topological polar surface area (TPSA) is 55.6 Å². The van der Waals surface area contributed by atoms with Gasteiger partial charge < -0.3 is 15.4 Å². The van der Waals surface area contributed by atoms with Gasteiger partial charge in [-0.3, -0.25) is 4.79 Å². The Balaban J connectivity index is 2.35. The third kappa shape index (κ3) is 3.80. The number of carbonyl (C=O) groups excluding carboxylic acids is 1. The van der Waals surface area contributed by atoms with Gasteiger partial charge in [0.2, 0.25) is 5.91 Å². The van der Waals surface area contributed by atoms with Crippen LogP contribution in [0.5, 0.6) is 0 Å². The number of methoxy groups -OCH3 is 1. The van der Waals surface area contributed by atoms with E-state index in [1.54, 1.807) is 7.11 Å². The summed E-state index contributed by atoms with van der Waals surface area (Å²) in [7, 11) is 1.66. The van der Waals surface area contributed by atoms with E-state index < -0.39 is 0 Å². The van der Waals surface area contributed by atoms with E-state index in [9.17, 15) is 4.79 Å². The standard InChI is InChI=1S/C11H22N2O2/c1-9-8-10(9)11(14)13(5-3-4-12)6-7-15-2/h9-10H,3-8,12H2,1-2H3. The minimum absolute atomic E-state index is 0.264. The molecule has 1 rings (SSSR count). The van der Waals surface area contributed by atoms with Gasteiger partial charge in [0.05, 0.1) is 6.61 Å². The van der Waals surface area contributed by atoms with Crippen molar-refractivity contribution in [1.82, 2.24) is 4.90 Å². The first kappa shape index (κ1) is 12.5. The molecular formula is C11H22N2O2. The highest BCUT2D eigenvalue weighted by Gasteiger charge is 2.41. The highest BCUT2D eigenvalue weighted by Crippen LogP contribution is 2.39. The maximum absolute atomic E-state index is 12.0. The van der Waals surface area contributed by atoms with E-state index in [0.29, 0.717) is 25.6 Å². The highest BCUT2D eigenvalue weighted by molar-refractivity contribution is 5.81. The van der Waals surface area contributed by atoms with Crippen molar-refractivity contribution in [3.63, 3.8) is 0 Å². The van der Waals surface area contributed by atoms with Gasteiger partial charge in [0.1, 0.15) is 0 Å². The predicted octanol–water partition coefficient (Wildman–Crippen LogP) is 0.466. The number of nitrogens with zero attached hydrogens (tertiary/aromatic N) is 1. The van der Waals surface area contributed by atoms with Crippen molar-refractivity contribution in [3.05, 3.63) is 0 Å². The number of hydrogen-bond acceptors (Lipinski definition) is 3. The predicted molar refractivity (Wildman–Crippen MR) is 59.4 cm³/mol. The average molecular weight is 214 g/mol. The zero-order valence-electron chi connectivity index (χ0n) is 9.74. The fourth-order valence-electron chi connectivity index (χ4n) is 1.72. The number of amides is 1. The Bertz CT molecular complexity index is 201. The molecule has 0 heterocycles. The molecule has 1 fully saturated rings. The third-order valence-corrected chi connectivity index (χ3v) is 2.94. The zero-order valence-corrected chi connectivity index (χ0v) is 9.74. The maximum Gasteiger partial charge on any atom is 0.226 e. The van der Waals surface area contributed by atoms with Crippen LogP contribution in [0.4, 0.5) is 0 Å². The Labute approximate surface area is 91.8 Å². The van der Waals surface area contributed by atoms with E-state index in [1.165, 1.54) is 0 Å². The summed E-state index contributed by atoms with van der Waals surface area (Å²) in [5.41, 5.74) is 5.46. The molecule has 0 aromatic carbocycles. The molecule has 4 heteroatoms. The molecule has 0 aromatic rings. The van der Waals surface area contributed by atoms with Gasteiger partial charge in [-0.05, 0) is 25.3 Å². The average Bonchev–Trinajstić information content (AvgIpc) is 2.95. The van der Waals surface area contributed by atoms with E-state index >= 15 is 0 Å². The summed E-state index contributed by atoms with van der Waals surface area (Å²) in [6, 6.07) is 0. The molecule has 1 amide bonds. The molecule has 2 unspecified atom stereocenters. The number of nitrogens with two attached hydrogens (primary N) is 1. The lowest BCUT2D eigenvalue weighted by molar-refractivity contribution is -0.133. The number of rotatable bonds is 7. The van der Waals surface area contributed by atoms with Crippen molar-refractivity contribution in [1.29, 1.82) is 0 Å². The van der Waals surface area contributed by atoms with Gasteiger partial charge in [-0.25, -0.2) is 0 Å². The second kappa shape index (κ2) is 6.08. The van der Waals surface area contributed by atoms with Gasteiger partial charge in [0, 0.05) is 26.1 Å². The maximum atomic E-state index is 12.0. The van der Waals surface area contributed by atoms with Crippen LogP contribution in [0, 0.1) is 11.8 Å². The summed E-state index contributed by atoms with van der Waals surface area (Å²) in [5, 5.41) is 0. The second-order valence-corrected chi connectivity index (χ2v) is 4.28. The Hall–Kier alpha value is -0.610. The molecule has 88 valence electrons. The van der Waals surface area contributed by atoms with Gasteiger partial charge in [0.25, 0.3) is 0 Å². The normalized spacial score (nSPS) is 23.9. The van der Waals surface area contributed by atoms with Gasteiger partial charge in [-0.15, -0.1) is 0 Å². The highest BCUT2D eigenvalue weighted by atomic mass is 16.5. The van der Waals surface area contributed by atoms with Crippen molar-refractivity contribution >= 4 is 5.91 Å². The monoisotopic (exact) mass is 214 g/mol. The van der Waals surface area contributed by atoms with Crippen LogP contribution in [0.2, 0.25) is 0 Å². The zero-order chi connectivity index (χ0) is 11.3. The molecule has 1 aliphatic rings. The summed E-state index contributed by atoms with van der Waals surface area (Å²) < 4.78 is 5.00. The number of carbonyl (C=O) groups is 1. The lowest BCUT2D eigenvalue weighted by atomic mass is 10.2. The molecule has 0 spiro atoms. The Kier molecular flexibility index (Phi) is 5.05. The largest absolute Gasteiger partial charge is 0.383 e. The first-order chi connectivity index (χ1) is 7.20. The van der Waals surface area contributed by atoms with Gasteiger partial charge in [-0.1, -0.05) is 6.92 Å². The fraction of sp³-hybridized carbons (Fsp3) is 0.909. The van der Waals surface area contributed by atoms with E-state index in [0.717, 1.165) is 19.4 Å². The second-order valence-electron chi connectivity index (χ2n) is 4.28. The van der Waals surface area contributed by atoms with Crippen LogP contribution in [-0.2, 0) is 9.53 Å². The number of hydrogen-bond donors (Lipinski definition) is 1. The van der Waals surface area contributed by atoms with Gasteiger partial charge in [-0.2, -0.15) is 0 Å². The molecule has 4 nitrogen and oxygen atoms in total. The van der Waals surface area contributed by atoms with E-state index in [4.69, 9.17) is 10.5 Å². The van der Waals surface area contributed by atoms with Crippen LogP contribution in [0.15, 0.2) is 0 Å². The Morgan fingerprint density at radius 1 is 1.53 bits per heavy atom. The minimum Gasteiger partial charge on any atom is -0.383 e. The van der Waals surface area contributed by atoms with Gasteiger partial charge >= 0.3 is 0 Å². The first-order valence-electron chi connectivity index (χ1n) is 5.68. The molecule has 2 N–H and O–H groups in total. The smallest absolute Gasteiger partial charge is 0.226 e. The molecule has 0 aliphatic heterocycles. The number of ether oxygens (including phenoxy) is 1. The van der Waals surface area contributed by atoms with Crippen molar-refractivity contribution in [2.75, 3.05) is 33.4 Å². The minimum atomic E-state index is 0.264. The fourth-order valence-corrected chi connectivity index (χ4v) is 1.72. The van der Waals surface area contributed by atoms with E-state index in [1.807, 2.05) is 4.90 Å². The molecule has 0 radical (unpaired) electrons. The Morgan fingerprint density at radius 3 is 2.67 bits per heavy atom. The summed E-state index contributed by atoms with van der Waals surface area (Å²) >= 11 is 0.